The molecule has 0 amide bonds. The average Bonchev–Trinajstić information content (AvgIpc) is 2.14. The summed E-state index contributed by atoms with van der Waals surface area (Å²) in [6.45, 7) is 2.05. The van der Waals surface area contributed by atoms with Crippen LogP contribution in [0.5, 0.6) is 0 Å². The molecule has 0 aromatic carbocycles. The van der Waals surface area contributed by atoms with Crippen molar-refractivity contribution in [3.8, 4) is 0 Å². The van der Waals surface area contributed by atoms with Crippen LogP contribution >= 0.6 is 34.8 Å². The first-order valence-electron chi connectivity index (χ1n) is 4.67. The van der Waals surface area contributed by atoms with Crippen LogP contribution in [0.2, 0.25) is 0 Å². The van der Waals surface area contributed by atoms with Gasteiger partial charge in [0, 0.05) is 0 Å². The molecular formula is C9H15Cl3O3. The first-order valence-corrected chi connectivity index (χ1v) is 5.86. The minimum Gasteiger partial charge on any atom is -0.339 e. The van der Waals surface area contributed by atoms with E-state index in [-0.39, 0.29) is 5.03 Å². The number of rotatable bonds is 6. The van der Waals surface area contributed by atoms with Gasteiger partial charge in [-0.2, -0.15) is 0 Å². The third-order valence-electron chi connectivity index (χ3n) is 1.84. The zero-order valence-corrected chi connectivity index (χ0v) is 10.6. The Balaban J connectivity index is 4.35. The van der Waals surface area contributed by atoms with Crippen molar-refractivity contribution in [2.45, 2.75) is 44.0 Å². The van der Waals surface area contributed by atoms with Crippen LogP contribution in [0.15, 0.2) is 10.1 Å². The van der Waals surface area contributed by atoms with E-state index < -0.39 is 16.4 Å². The van der Waals surface area contributed by atoms with E-state index in [1.54, 1.807) is 0 Å². The Morgan fingerprint density at radius 1 is 1.20 bits per heavy atom. The highest BCUT2D eigenvalue weighted by molar-refractivity contribution is 6.43. The van der Waals surface area contributed by atoms with Crippen LogP contribution in [-0.4, -0.2) is 26.7 Å². The molecule has 1 atom stereocenters. The van der Waals surface area contributed by atoms with Crippen molar-refractivity contribution in [2.75, 3.05) is 0 Å². The molecule has 6 heteroatoms. The smallest absolute Gasteiger partial charge is 0.316 e. The van der Waals surface area contributed by atoms with E-state index in [4.69, 9.17) is 50.1 Å². The van der Waals surface area contributed by atoms with E-state index in [0.29, 0.717) is 6.42 Å². The number of halogens is 3. The molecule has 0 bridgehead atoms. The second-order valence-corrected chi connectivity index (χ2v) is 4.57. The first kappa shape index (κ1) is 15.5. The van der Waals surface area contributed by atoms with Crippen molar-refractivity contribution >= 4 is 34.8 Å². The fourth-order valence-electron chi connectivity index (χ4n) is 0.998. The molecule has 0 aromatic rings. The highest BCUT2D eigenvalue weighted by Gasteiger charge is 2.29. The molecule has 1 unspecified atom stereocenters. The van der Waals surface area contributed by atoms with Gasteiger partial charge in [0.05, 0.1) is 10.4 Å². The van der Waals surface area contributed by atoms with Crippen molar-refractivity contribution < 1.29 is 15.3 Å². The summed E-state index contributed by atoms with van der Waals surface area (Å²) in [7, 11) is 0. The molecule has 0 spiro atoms. The predicted octanol–water partition coefficient (Wildman–Crippen LogP) is 2.49. The van der Waals surface area contributed by atoms with Crippen LogP contribution < -0.4 is 0 Å². The summed E-state index contributed by atoms with van der Waals surface area (Å²) in [4.78, 5) is 0. The maximum Gasteiger partial charge on any atom is 0.316 e. The van der Waals surface area contributed by atoms with Crippen LogP contribution in [0.3, 0.4) is 0 Å². The molecular weight excluding hydrogens is 262 g/mol. The first-order chi connectivity index (χ1) is 6.80. The molecule has 0 radical (unpaired) electrons. The lowest BCUT2D eigenvalue weighted by Gasteiger charge is -2.17. The third kappa shape index (κ3) is 5.95. The van der Waals surface area contributed by atoms with Gasteiger partial charge < -0.3 is 15.3 Å². The average molecular weight is 278 g/mol. The van der Waals surface area contributed by atoms with E-state index >= 15 is 0 Å². The van der Waals surface area contributed by atoms with Gasteiger partial charge in [-0.05, 0) is 6.42 Å². The summed E-state index contributed by atoms with van der Waals surface area (Å²) in [5.74, 6) is -3.11. The van der Waals surface area contributed by atoms with Gasteiger partial charge >= 0.3 is 5.97 Å². The zero-order valence-electron chi connectivity index (χ0n) is 8.38. The summed E-state index contributed by atoms with van der Waals surface area (Å²) < 4.78 is 0. The highest BCUT2D eigenvalue weighted by atomic mass is 35.5. The van der Waals surface area contributed by atoms with Gasteiger partial charge in [-0.15, -0.1) is 11.6 Å². The topological polar surface area (TPSA) is 60.7 Å². The Kier molecular flexibility index (Phi) is 7.17. The molecule has 0 rings (SSSR count). The lowest BCUT2D eigenvalue weighted by molar-refractivity contribution is -0.277. The summed E-state index contributed by atoms with van der Waals surface area (Å²) in [6.07, 6.45) is 3.48. The fraction of sp³-hybridized carbons (Fsp3) is 0.778. The van der Waals surface area contributed by atoms with Gasteiger partial charge in [0.25, 0.3) is 0 Å². The molecule has 0 aliphatic carbocycles. The maximum absolute atomic E-state index is 8.76. The normalized spacial score (nSPS) is 16.2. The molecule has 90 valence electrons. The van der Waals surface area contributed by atoms with Gasteiger partial charge in [-0.1, -0.05) is 49.4 Å². The van der Waals surface area contributed by atoms with Gasteiger partial charge in [-0.25, -0.2) is 0 Å². The fourth-order valence-corrected chi connectivity index (χ4v) is 1.68. The van der Waals surface area contributed by atoms with Crippen LogP contribution in [0.4, 0.5) is 0 Å². The van der Waals surface area contributed by atoms with Crippen molar-refractivity contribution in [3.05, 3.63) is 10.1 Å². The molecule has 0 fully saturated rings. The van der Waals surface area contributed by atoms with Gasteiger partial charge in [0.1, 0.15) is 5.03 Å². The quantitative estimate of drug-likeness (QED) is 0.397. The summed E-state index contributed by atoms with van der Waals surface area (Å²) in [5.41, 5.74) is 0. The molecule has 3 nitrogen and oxygen atoms in total. The summed E-state index contributed by atoms with van der Waals surface area (Å²) >= 11 is 17.0. The molecule has 0 heterocycles. The number of alkyl halides is 1. The lowest BCUT2D eigenvalue weighted by atomic mass is 10.1. The maximum atomic E-state index is 8.76. The van der Waals surface area contributed by atoms with E-state index in [1.165, 1.54) is 0 Å². The minimum atomic E-state index is -3.11. The number of unbranched alkanes of at least 4 members (excludes halogenated alkanes) is 2. The predicted molar refractivity (Wildman–Crippen MR) is 61.9 cm³/mol. The highest BCUT2D eigenvalue weighted by Crippen LogP contribution is 2.30. The molecule has 0 saturated carbocycles. The van der Waals surface area contributed by atoms with Crippen LogP contribution in [-0.2, 0) is 0 Å². The van der Waals surface area contributed by atoms with Crippen molar-refractivity contribution in [1.82, 2.24) is 0 Å². The van der Waals surface area contributed by atoms with E-state index in [1.807, 2.05) is 6.92 Å². The summed E-state index contributed by atoms with van der Waals surface area (Å²) in [6, 6.07) is 0. The third-order valence-corrected chi connectivity index (χ3v) is 3.39. The van der Waals surface area contributed by atoms with Crippen LogP contribution in [0.25, 0.3) is 0 Å². The van der Waals surface area contributed by atoms with E-state index in [9.17, 15) is 0 Å². The SMILES string of the molecule is CCCCCC(Cl)/C(Cl)=C(\Cl)C(O)(O)O. The molecule has 0 saturated heterocycles. The molecule has 3 N–H and O–H groups in total. The van der Waals surface area contributed by atoms with Gasteiger partial charge in [0.2, 0.25) is 0 Å². The molecule has 0 aliphatic rings. The Morgan fingerprint density at radius 3 is 2.13 bits per heavy atom. The number of aliphatic hydroxyl groups is 3. The molecule has 0 aromatic heterocycles. The second kappa shape index (κ2) is 6.94. The summed E-state index contributed by atoms with van der Waals surface area (Å²) in [5, 5.41) is 24.9. The van der Waals surface area contributed by atoms with Gasteiger partial charge in [-0.3, -0.25) is 0 Å². The van der Waals surface area contributed by atoms with Crippen LogP contribution in [0.1, 0.15) is 32.6 Å². The Morgan fingerprint density at radius 2 is 1.73 bits per heavy atom. The van der Waals surface area contributed by atoms with Crippen molar-refractivity contribution in [3.63, 3.8) is 0 Å². The Bertz CT molecular complexity index is 223. The molecule has 0 aliphatic heterocycles. The largest absolute Gasteiger partial charge is 0.339 e. The van der Waals surface area contributed by atoms with Crippen molar-refractivity contribution in [2.24, 2.45) is 0 Å². The number of hydrogen-bond donors (Lipinski definition) is 3. The van der Waals surface area contributed by atoms with Crippen molar-refractivity contribution in [1.29, 1.82) is 0 Å². The second-order valence-electron chi connectivity index (χ2n) is 3.26. The minimum absolute atomic E-state index is 0.137. The number of hydrogen-bond acceptors (Lipinski definition) is 3. The Hall–Kier alpha value is 0.490. The number of allylic oxidation sites excluding steroid dienone is 1. The molecule has 15 heavy (non-hydrogen) atoms. The Labute approximate surface area is 104 Å². The zero-order chi connectivity index (χ0) is 12.1. The van der Waals surface area contributed by atoms with E-state index in [0.717, 1.165) is 19.3 Å². The standard InChI is InChI=1S/C9H15Cl3O3/c1-2-3-4-5-6(10)7(11)8(12)9(13,14)15/h6,13-15H,2-5H2,1H3/b8-7+. The van der Waals surface area contributed by atoms with Crippen LogP contribution in [0, 0.1) is 0 Å². The van der Waals surface area contributed by atoms with E-state index in [2.05, 4.69) is 0 Å². The monoisotopic (exact) mass is 276 g/mol. The lowest BCUT2D eigenvalue weighted by Crippen LogP contribution is -2.29. The van der Waals surface area contributed by atoms with Gasteiger partial charge in [0.15, 0.2) is 0 Å².